The number of primary amides is 1. The van der Waals surface area contributed by atoms with Crippen molar-refractivity contribution < 1.29 is 13.2 Å². The number of thiophene rings is 1. The van der Waals surface area contributed by atoms with Gasteiger partial charge in [-0.2, -0.15) is 4.31 Å². The third-order valence-electron chi connectivity index (χ3n) is 3.38. The first kappa shape index (κ1) is 15.9. The van der Waals surface area contributed by atoms with Gasteiger partial charge in [-0.05, 0) is 35.0 Å². The number of nitrogens with zero attached hydrogens (tertiary/aromatic N) is 2. The van der Waals surface area contributed by atoms with Gasteiger partial charge in [0.1, 0.15) is 4.21 Å². The van der Waals surface area contributed by atoms with E-state index in [0.29, 0.717) is 30.4 Å². The van der Waals surface area contributed by atoms with Crippen molar-refractivity contribution in [2.24, 2.45) is 5.73 Å². The van der Waals surface area contributed by atoms with E-state index in [0.717, 1.165) is 3.79 Å². The van der Waals surface area contributed by atoms with Gasteiger partial charge in [0.25, 0.3) is 10.0 Å². The Bertz CT molecular complexity index is 594. The Balaban J connectivity index is 2.05. The Morgan fingerprint density at radius 1 is 1.35 bits per heavy atom. The summed E-state index contributed by atoms with van der Waals surface area (Å²) in [5.41, 5.74) is 5.27. The van der Waals surface area contributed by atoms with E-state index in [4.69, 9.17) is 5.73 Å². The van der Waals surface area contributed by atoms with Crippen molar-refractivity contribution in [1.82, 2.24) is 9.21 Å². The Hall–Kier alpha value is -0.480. The van der Waals surface area contributed by atoms with Gasteiger partial charge >= 0.3 is 0 Å². The monoisotopic (exact) mass is 381 g/mol. The molecule has 1 aliphatic rings. The molecular formula is C11H16BrN3O3S2. The standard InChI is InChI=1S/C11H16BrN3O3S2/c1-8(11(13)16)14-4-6-15(7-5-14)20(17,18)10-3-2-9(12)19-10/h2-3,8H,4-7H2,1H3,(H2,13,16)/t8-/m1/s1. The maximum Gasteiger partial charge on any atom is 0.252 e. The second-order valence-corrected chi connectivity index (χ2v) is 9.20. The first-order valence-corrected chi connectivity index (χ1v) is 9.16. The molecule has 0 saturated carbocycles. The molecule has 2 heterocycles. The molecule has 1 aromatic rings. The van der Waals surface area contributed by atoms with Gasteiger partial charge in [0, 0.05) is 26.2 Å². The number of hydrogen-bond acceptors (Lipinski definition) is 5. The van der Waals surface area contributed by atoms with Gasteiger partial charge in [-0.1, -0.05) is 0 Å². The number of halogens is 1. The number of rotatable bonds is 4. The van der Waals surface area contributed by atoms with Crippen LogP contribution in [0.1, 0.15) is 6.92 Å². The number of amides is 1. The van der Waals surface area contributed by atoms with Crippen molar-refractivity contribution in [2.45, 2.75) is 17.2 Å². The van der Waals surface area contributed by atoms with Crippen LogP contribution in [-0.2, 0) is 14.8 Å². The van der Waals surface area contributed by atoms with Gasteiger partial charge in [-0.15, -0.1) is 11.3 Å². The molecule has 0 unspecified atom stereocenters. The van der Waals surface area contributed by atoms with Crippen LogP contribution in [0.3, 0.4) is 0 Å². The van der Waals surface area contributed by atoms with Crippen LogP contribution in [0.2, 0.25) is 0 Å². The van der Waals surface area contributed by atoms with Gasteiger partial charge in [0.2, 0.25) is 5.91 Å². The molecule has 1 saturated heterocycles. The van der Waals surface area contributed by atoms with Crippen LogP contribution >= 0.6 is 27.3 Å². The molecular weight excluding hydrogens is 366 g/mol. The molecule has 1 fully saturated rings. The molecule has 2 N–H and O–H groups in total. The highest BCUT2D eigenvalue weighted by Gasteiger charge is 2.31. The molecule has 0 aromatic carbocycles. The molecule has 0 spiro atoms. The lowest BCUT2D eigenvalue weighted by atomic mass is 10.2. The maximum absolute atomic E-state index is 12.4. The molecule has 20 heavy (non-hydrogen) atoms. The minimum absolute atomic E-state index is 0.334. The van der Waals surface area contributed by atoms with E-state index in [1.54, 1.807) is 19.1 Å². The summed E-state index contributed by atoms with van der Waals surface area (Å²) < 4.78 is 27.4. The van der Waals surface area contributed by atoms with Gasteiger partial charge in [0.15, 0.2) is 0 Å². The summed E-state index contributed by atoms with van der Waals surface area (Å²) in [7, 11) is -3.43. The molecule has 0 aliphatic carbocycles. The average Bonchev–Trinajstić information content (AvgIpc) is 2.85. The van der Waals surface area contributed by atoms with Gasteiger partial charge in [-0.25, -0.2) is 8.42 Å². The summed E-state index contributed by atoms with van der Waals surface area (Å²) in [6.07, 6.45) is 0. The summed E-state index contributed by atoms with van der Waals surface area (Å²) in [6, 6.07) is 2.96. The number of carbonyl (C=O) groups is 1. The third kappa shape index (κ3) is 3.22. The van der Waals surface area contributed by atoms with Crippen LogP contribution in [0.4, 0.5) is 0 Å². The topological polar surface area (TPSA) is 83.7 Å². The summed E-state index contributed by atoms with van der Waals surface area (Å²) in [4.78, 5) is 13.0. The Morgan fingerprint density at radius 3 is 2.40 bits per heavy atom. The normalized spacial score (nSPS) is 19.9. The highest BCUT2D eigenvalue weighted by Crippen LogP contribution is 2.29. The van der Waals surface area contributed by atoms with Crippen LogP contribution in [0.5, 0.6) is 0 Å². The van der Waals surface area contributed by atoms with E-state index in [2.05, 4.69) is 15.9 Å². The number of carbonyl (C=O) groups excluding carboxylic acids is 1. The largest absolute Gasteiger partial charge is 0.368 e. The highest BCUT2D eigenvalue weighted by atomic mass is 79.9. The molecule has 1 aromatic heterocycles. The number of sulfonamides is 1. The summed E-state index contributed by atoms with van der Waals surface area (Å²) in [6.45, 7) is 3.50. The minimum atomic E-state index is -3.43. The van der Waals surface area contributed by atoms with Crippen molar-refractivity contribution in [2.75, 3.05) is 26.2 Å². The van der Waals surface area contributed by atoms with E-state index >= 15 is 0 Å². The lowest BCUT2D eigenvalue weighted by Crippen LogP contribution is -2.54. The third-order valence-corrected chi connectivity index (χ3v) is 7.37. The molecule has 1 amide bonds. The SMILES string of the molecule is C[C@H](C(N)=O)N1CCN(S(=O)(=O)c2ccc(Br)s2)CC1. The molecule has 2 rings (SSSR count). The number of piperazine rings is 1. The van der Waals surface area contributed by atoms with Crippen molar-refractivity contribution in [3.63, 3.8) is 0 Å². The molecule has 6 nitrogen and oxygen atoms in total. The molecule has 0 bridgehead atoms. The average molecular weight is 382 g/mol. The fourth-order valence-corrected chi connectivity index (χ4v) is 5.66. The smallest absolute Gasteiger partial charge is 0.252 e. The second kappa shape index (κ2) is 6.10. The zero-order valence-corrected chi connectivity index (χ0v) is 14.2. The lowest BCUT2D eigenvalue weighted by Gasteiger charge is -2.35. The number of nitrogens with two attached hydrogens (primary N) is 1. The van der Waals surface area contributed by atoms with E-state index in [1.165, 1.54) is 15.6 Å². The molecule has 0 radical (unpaired) electrons. The molecule has 1 aliphatic heterocycles. The minimum Gasteiger partial charge on any atom is -0.368 e. The fourth-order valence-electron chi connectivity index (χ4n) is 2.07. The van der Waals surface area contributed by atoms with E-state index in [1.807, 2.05) is 4.90 Å². The summed E-state index contributed by atoms with van der Waals surface area (Å²) >= 11 is 4.47. The second-order valence-electron chi connectivity index (χ2n) is 4.58. The summed E-state index contributed by atoms with van der Waals surface area (Å²) in [5, 5.41) is 0. The zero-order chi connectivity index (χ0) is 14.9. The van der Waals surface area contributed by atoms with E-state index in [-0.39, 0.29) is 11.9 Å². The van der Waals surface area contributed by atoms with E-state index < -0.39 is 10.0 Å². The Labute approximate surface area is 130 Å². The fraction of sp³-hybridized carbons (Fsp3) is 0.545. The van der Waals surface area contributed by atoms with Gasteiger partial charge < -0.3 is 5.73 Å². The quantitative estimate of drug-likeness (QED) is 0.831. The van der Waals surface area contributed by atoms with Crippen molar-refractivity contribution in [3.05, 3.63) is 15.9 Å². The lowest BCUT2D eigenvalue weighted by molar-refractivity contribution is -0.123. The predicted octanol–water partition coefficient (Wildman–Crippen LogP) is 0.691. The van der Waals surface area contributed by atoms with Crippen molar-refractivity contribution in [1.29, 1.82) is 0 Å². The van der Waals surface area contributed by atoms with Gasteiger partial charge in [-0.3, -0.25) is 9.69 Å². The molecule has 9 heteroatoms. The molecule has 112 valence electrons. The number of hydrogen-bond donors (Lipinski definition) is 1. The van der Waals surface area contributed by atoms with Crippen LogP contribution in [0.15, 0.2) is 20.1 Å². The van der Waals surface area contributed by atoms with Crippen molar-refractivity contribution >= 4 is 43.2 Å². The Morgan fingerprint density at radius 2 is 1.95 bits per heavy atom. The predicted molar refractivity (Wildman–Crippen MR) is 81.0 cm³/mol. The first-order chi connectivity index (χ1) is 9.32. The first-order valence-electron chi connectivity index (χ1n) is 6.11. The zero-order valence-electron chi connectivity index (χ0n) is 11.0. The van der Waals surface area contributed by atoms with Crippen LogP contribution in [0.25, 0.3) is 0 Å². The maximum atomic E-state index is 12.4. The van der Waals surface area contributed by atoms with Crippen molar-refractivity contribution in [3.8, 4) is 0 Å². The summed E-state index contributed by atoms with van der Waals surface area (Å²) in [5.74, 6) is -0.386. The van der Waals surface area contributed by atoms with Crippen LogP contribution in [0, 0.1) is 0 Å². The Kier molecular flexibility index (Phi) is 4.85. The highest BCUT2D eigenvalue weighted by molar-refractivity contribution is 9.11. The van der Waals surface area contributed by atoms with Crippen LogP contribution in [-0.4, -0.2) is 55.8 Å². The molecule has 1 atom stereocenters. The van der Waals surface area contributed by atoms with Gasteiger partial charge in [0.05, 0.1) is 9.83 Å². The van der Waals surface area contributed by atoms with E-state index in [9.17, 15) is 13.2 Å². The van der Waals surface area contributed by atoms with Crippen LogP contribution < -0.4 is 5.73 Å².